The van der Waals surface area contributed by atoms with Gasteiger partial charge in [0.05, 0.1) is 6.10 Å². The topological polar surface area (TPSA) is 66.6 Å². The highest BCUT2D eigenvalue weighted by molar-refractivity contribution is 6.01. The van der Waals surface area contributed by atoms with Gasteiger partial charge < -0.3 is 15.7 Å². The minimum Gasteiger partial charge on any atom is -0.390 e. The molecule has 0 radical (unpaired) electrons. The molecule has 1 heterocycles. The largest absolute Gasteiger partial charge is 0.390 e. The summed E-state index contributed by atoms with van der Waals surface area (Å²) in [6.45, 7) is 0.689. The summed E-state index contributed by atoms with van der Waals surface area (Å²) >= 11 is 0. The van der Waals surface area contributed by atoms with E-state index in [4.69, 9.17) is 5.73 Å². The van der Waals surface area contributed by atoms with Crippen molar-refractivity contribution in [1.29, 1.82) is 0 Å². The number of halogens is 1. The van der Waals surface area contributed by atoms with E-state index in [9.17, 15) is 14.3 Å². The number of aliphatic hydroxyl groups excluding tert-OH is 1. The molecule has 1 fully saturated rings. The zero-order chi connectivity index (χ0) is 16.4. The van der Waals surface area contributed by atoms with Gasteiger partial charge in [-0.25, -0.2) is 4.39 Å². The average molecular weight is 314 g/mol. The summed E-state index contributed by atoms with van der Waals surface area (Å²) in [5, 5.41) is 9.90. The standard InChI is InChI=1S/C18H19FN2O2/c19-15-8-4-3-6-13(15)12-5-1-2-7-14(12)18(23)21-10-9-16(20)17(22)11-21/h1-8,16-17,22H,9-11,20H2/t16-,17-/m1/s1. The van der Waals surface area contributed by atoms with Crippen LogP contribution < -0.4 is 5.73 Å². The van der Waals surface area contributed by atoms with Crippen molar-refractivity contribution >= 4 is 5.91 Å². The van der Waals surface area contributed by atoms with E-state index in [0.29, 0.717) is 29.7 Å². The Morgan fingerprint density at radius 1 is 1.13 bits per heavy atom. The summed E-state index contributed by atoms with van der Waals surface area (Å²) in [5.74, 6) is -0.580. The normalized spacial score (nSPS) is 21.3. The molecule has 0 saturated carbocycles. The van der Waals surface area contributed by atoms with Gasteiger partial charge in [0.2, 0.25) is 0 Å². The predicted molar refractivity (Wildman–Crippen MR) is 86.3 cm³/mol. The number of rotatable bonds is 2. The second-order valence-electron chi connectivity index (χ2n) is 5.80. The van der Waals surface area contributed by atoms with Crippen LogP contribution in [0.4, 0.5) is 4.39 Å². The van der Waals surface area contributed by atoms with E-state index in [1.165, 1.54) is 6.07 Å². The molecule has 2 aromatic rings. The van der Waals surface area contributed by atoms with Crippen LogP contribution in [0.2, 0.25) is 0 Å². The van der Waals surface area contributed by atoms with Gasteiger partial charge in [0.1, 0.15) is 5.82 Å². The van der Waals surface area contributed by atoms with Crippen LogP contribution in [0.3, 0.4) is 0 Å². The molecule has 0 spiro atoms. The number of nitrogens with zero attached hydrogens (tertiary/aromatic N) is 1. The zero-order valence-corrected chi connectivity index (χ0v) is 12.7. The van der Waals surface area contributed by atoms with Crippen molar-refractivity contribution in [2.45, 2.75) is 18.6 Å². The third-order valence-electron chi connectivity index (χ3n) is 4.24. The molecule has 23 heavy (non-hydrogen) atoms. The monoisotopic (exact) mass is 314 g/mol. The van der Waals surface area contributed by atoms with E-state index < -0.39 is 6.10 Å². The van der Waals surface area contributed by atoms with Crippen LogP contribution in [0.15, 0.2) is 48.5 Å². The number of piperidine rings is 1. The molecule has 3 rings (SSSR count). The maximum Gasteiger partial charge on any atom is 0.254 e. The number of aliphatic hydroxyl groups is 1. The Bertz CT molecular complexity index is 720. The summed E-state index contributed by atoms with van der Waals surface area (Å²) in [6, 6.07) is 13.0. The first-order chi connectivity index (χ1) is 11.1. The first-order valence-corrected chi connectivity index (χ1v) is 7.65. The quantitative estimate of drug-likeness (QED) is 0.891. The van der Waals surface area contributed by atoms with Crippen molar-refractivity contribution in [3.8, 4) is 11.1 Å². The lowest BCUT2D eigenvalue weighted by molar-refractivity contribution is 0.0396. The van der Waals surface area contributed by atoms with Gasteiger partial charge in [0.25, 0.3) is 5.91 Å². The van der Waals surface area contributed by atoms with E-state index in [1.807, 2.05) is 0 Å². The molecule has 2 atom stereocenters. The van der Waals surface area contributed by atoms with Gasteiger partial charge in [-0.2, -0.15) is 0 Å². The first kappa shape index (κ1) is 15.6. The zero-order valence-electron chi connectivity index (χ0n) is 12.7. The van der Waals surface area contributed by atoms with Gasteiger partial charge in [0, 0.05) is 30.3 Å². The number of likely N-dealkylation sites (tertiary alicyclic amines) is 1. The number of hydrogen-bond acceptors (Lipinski definition) is 3. The van der Waals surface area contributed by atoms with Crippen molar-refractivity contribution in [1.82, 2.24) is 4.90 Å². The van der Waals surface area contributed by atoms with Crippen molar-refractivity contribution < 1.29 is 14.3 Å². The summed E-state index contributed by atoms with van der Waals surface area (Å²) in [6.07, 6.45) is -0.178. The van der Waals surface area contributed by atoms with E-state index >= 15 is 0 Å². The second-order valence-corrected chi connectivity index (χ2v) is 5.80. The smallest absolute Gasteiger partial charge is 0.254 e. The number of carbonyl (C=O) groups excluding carboxylic acids is 1. The fourth-order valence-electron chi connectivity index (χ4n) is 2.89. The van der Waals surface area contributed by atoms with Gasteiger partial charge in [-0.3, -0.25) is 4.79 Å². The van der Waals surface area contributed by atoms with Crippen molar-refractivity contribution in [3.05, 3.63) is 59.9 Å². The van der Waals surface area contributed by atoms with Crippen LogP contribution in [-0.4, -0.2) is 41.1 Å². The SMILES string of the molecule is N[C@@H]1CCN(C(=O)c2ccccc2-c2ccccc2F)C[C@H]1O. The Hall–Kier alpha value is -2.24. The van der Waals surface area contributed by atoms with Gasteiger partial charge >= 0.3 is 0 Å². The fraction of sp³-hybridized carbons (Fsp3) is 0.278. The van der Waals surface area contributed by atoms with Crippen molar-refractivity contribution in [2.75, 3.05) is 13.1 Å². The molecule has 1 saturated heterocycles. The second kappa shape index (κ2) is 6.48. The third kappa shape index (κ3) is 3.11. The summed E-state index contributed by atoms with van der Waals surface area (Å²) in [5.41, 5.74) is 7.16. The van der Waals surface area contributed by atoms with Crippen LogP contribution in [0.5, 0.6) is 0 Å². The lowest BCUT2D eigenvalue weighted by Crippen LogP contribution is -2.52. The van der Waals surface area contributed by atoms with Crippen molar-refractivity contribution in [3.63, 3.8) is 0 Å². The van der Waals surface area contributed by atoms with Crippen LogP contribution in [0, 0.1) is 5.82 Å². The Kier molecular flexibility index (Phi) is 4.41. The van der Waals surface area contributed by atoms with Gasteiger partial charge in [0.15, 0.2) is 0 Å². The number of hydrogen-bond donors (Lipinski definition) is 2. The molecular weight excluding hydrogens is 295 g/mol. The molecule has 0 aliphatic carbocycles. The maximum absolute atomic E-state index is 14.1. The first-order valence-electron chi connectivity index (χ1n) is 7.65. The van der Waals surface area contributed by atoms with Gasteiger partial charge in [-0.1, -0.05) is 36.4 Å². The lowest BCUT2D eigenvalue weighted by atomic mass is 9.96. The molecule has 120 valence electrons. The highest BCUT2D eigenvalue weighted by atomic mass is 19.1. The summed E-state index contributed by atoms with van der Waals surface area (Å²) < 4.78 is 14.1. The molecule has 0 unspecified atom stereocenters. The molecule has 1 aliphatic heterocycles. The van der Waals surface area contributed by atoms with Crippen LogP contribution >= 0.6 is 0 Å². The molecule has 4 nitrogen and oxygen atoms in total. The molecule has 3 N–H and O–H groups in total. The van der Waals surface area contributed by atoms with Gasteiger partial charge in [-0.15, -0.1) is 0 Å². The van der Waals surface area contributed by atoms with E-state index in [2.05, 4.69) is 0 Å². The van der Waals surface area contributed by atoms with E-state index in [-0.39, 0.29) is 24.3 Å². The molecule has 5 heteroatoms. The minimum absolute atomic E-state index is 0.200. The van der Waals surface area contributed by atoms with Crippen LogP contribution in [0.25, 0.3) is 11.1 Å². The molecule has 0 bridgehead atoms. The molecule has 0 aromatic heterocycles. The number of benzene rings is 2. The van der Waals surface area contributed by atoms with Crippen LogP contribution in [-0.2, 0) is 0 Å². The number of β-amino-alcohol motifs (C(OH)–C–C–N with tert-alkyl or cyclic N) is 1. The summed E-state index contributed by atoms with van der Waals surface area (Å²) in [7, 11) is 0. The van der Waals surface area contributed by atoms with E-state index in [0.717, 1.165) is 0 Å². The van der Waals surface area contributed by atoms with E-state index in [1.54, 1.807) is 47.4 Å². The summed E-state index contributed by atoms with van der Waals surface area (Å²) in [4.78, 5) is 14.4. The van der Waals surface area contributed by atoms with Crippen LogP contribution in [0.1, 0.15) is 16.8 Å². The molecule has 1 amide bonds. The number of carbonyl (C=O) groups is 1. The Labute approximate surface area is 134 Å². The highest BCUT2D eigenvalue weighted by Crippen LogP contribution is 2.27. The Morgan fingerprint density at radius 3 is 2.48 bits per heavy atom. The lowest BCUT2D eigenvalue weighted by Gasteiger charge is -2.34. The maximum atomic E-state index is 14.1. The molecule has 1 aliphatic rings. The van der Waals surface area contributed by atoms with Crippen molar-refractivity contribution in [2.24, 2.45) is 5.73 Å². The third-order valence-corrected chi connectivity index (χ3v) is 4.24. The minimum atomic E-state index is -0.728. The molecular formula is C18H19FN2O2. The average Bonchev–Trinajstić information content (AvgIpc) is 2.57. The Morgan fingerprint density at radius 2 is 1.78 bits per heavy atom. The predicted octanol–water partition coefficient (Wildman–Crippen LogP) is 2.03. The van der Waals surface area contributed by atoms with Gasteiger partial charge in [-0.05, 0) is 24.1 Å². The highest BCUT2D eigenvalue weighted by Gasteiger charge is 2.29. The number of nitrogens with two attached hydrogens (primary N) is 1. The fourth-order valence-corrected chi connectivity index (χ4v) is 2.89. The number of amides is 1. The molecule has 2 aromatic carbocycles. The Balaban J connectivity index is 1.95.